The third-order valence-corrected chi connectivity index (χ3v) is 2.65. The molecule has 0 heterocycles. The molecule has 0 saturated carbocycles. The first kappa shape index (κ1) is 15.0. The molecule has 0 fully saturated rings. The van der Waals surface area contributed by atoms with Crippen molar-refractivity contribution in [3.8, 4) is 0 Å². The van der Waals surface area contributed by atoms with Crippen molar-refractivity contribution in [1.29, 1.82) is 0 Å². The summed E-state index contributed by atoms with van der Waals surface area (Å²) in [5.41, 5.74) is 0.683. The first-order valence-electron chi connectivity index (χ1n) is 5.09. The van der Waals surface area contributed by atoms with Crippen LogP contribution in [0.2, 0.25) is 10.0 Å². The van der Waals surface area contributed by atoms with Gasteiger partial charge in [0.25, 0.3) is 0 Å². The summed E-state index contributed by atoms with van der Waals surface area (Å²) in [5, 5.41) is 7.20. The van der Waals surface area contributed by atoms with Gasteiger partial charge >= 0.3 is 5.97 Å². The maximum atomic E-state index is 10.9. The number of esters is 1. The van der Waals surface area contributed by atoms with Crippen LogP contribution >= 0.6 is 35.4 Å². The summed E-state index contributed by atoms with van der Waals surface area (Å²) in [4.78, 5) is 10.9. The van der Waals surface area contributed by atoms with Crippen molar-refractivity contribution in [2.75, 3.05) is 19.0 Å². The summed E-state index contributed by atoms with van der Waals surface area (Å²) < 4.78 is 4.50. The Morgan fingerprint density at radius 2 is 1.94 bits per heavy atom. The molecule has 0 radical (unpaired) electrons. The SMILES string of the molecule is COC(=O)CCNC(=S)Nc1cc(Cl)cc(Cl)c1. The average Bonchev–Trinajstić information content (AvgIpc) is 2.27. The number of hydrogen-bond donors (Lipinski definition) is 2. The number of anilines is 1. The van der Waals surface area contributed by atoms with Crippen molar-refractivity contribution in [2.45, 2.75) is 6.42 Å². The molecular weight excluding hydrogens is 295 g/mol. The highest BCUT2D eigenvalue weighted by Gasteiger charge is 2.03. The van der Waals surface area contributed by atoms with Crippen molar-refractivity contribution >= 4 is 52.2 Å². The molecule has 0 aliphatic rings. The van der Waals surface area contributed by atoms with Gasteiger partial charge < -0.3 is 15.4 Å². The molecule has 0 amide bonds. The Morgan fingerprint density at radius 3 is 2.50 bits per heavy atom. The van der Waals surface area contributed by atoms with E-state index < -0.39 is 0 Å². The predicted octanol–water partition coefficient (Wildman–Crippen LogP) is 2.84. The van der Waals surface area contributed by atoms with E-state index in [1.807, 2.05) is 0 Å². The zero-order chi connectivity index (χ0) is 13.5. The molecule has 4 nitrogen and oxygen atoms in total. The number of benzene rings is 1. The Balaban J connectivity index is 2.42. The second kappa shape index (κ2) is 7.41. The number of hydrogen-bond acceptors (Lipinski definition) is 3. The van der Waals surface area contributed by atoms with E-state index >= 15 is 0 Å². The number of methoxy groups -OCH3 is 1. The molecule has 0 aromatic heterocycles. The monoisotopic (exact) mass is 306 g/mol. The lowest BCUT2D eigenvalue weighted by Crippen LogP contribution is -2.30. The zero-order valence-electron chi connectivity index (χ0n) is 9.63. The number of halogens is 2. The molecule has 0 aliphatic heterocycles. The first-order valence-corrected chi connectivity index (χ1v) is 6.25. The molecule has 7 heteroatoms. The molecule has 0 bridgehead atoms. The molecule has 18 heavy (non-hydrogen) atoms. The van der Waals surface area contributed by atoms with Crippen LogP contribution in [0.3, 0.4) is 0 Å². The highest BCUT2D eigenvalue weighted by atomic mass is 35.5. The van der Waals surface area contributed by atoms with Crippen molar-refractivity contribution in [3.05, 3.63) is 28.2 Å². The Labute approximate surface area is 121 Å². The smallest absolute Gasteiger partial charge is 0.307 e. The standard InChI is InChI=1S/C11H12Cl2N2O2S/c1-17-10(16)2-3-14-11(18)15-9-5-7(12)4-8(13)6-9/h4-6H,2-3H2,1H3,(H2,14,15,18). The Kier molecular flexibility index (Phi) is 6.18. The van der Waals surface area contributed by atoms with E-state index in [4.69, 9.17) is 35.4 Å². The van der Waals surface area contributed by atoms with E-state index in [0.29, 0.717) is 27.4 Å². The number of rotatable bonds is 4. The molecule has 98 valence electrons. The van der Waals surface area contributed by atoms with E-state index in [2.05, 4.69) is 15.4 Å². The predicted molar refractivity (Wildman–Crippen MR) is 77.3 cm³/mol. The summed E-state index contributed by atoms with van der Waals surface area (Å²) in [6, 6.07) is 5.02. The van der Waals surface area contributed by atoms with E-state index in [1.54, 1.807) is 18.2 Å². The summed E-state index contributed by atoms with van der Waals surface area (Å²) in [6.07, 6.45) is 0.245. The maximum Gasteiger partial charge on any atom is 0.307 e. The Bertz CT molecular complexity index is 434. The van der Waals surface area contributed by atoms with Crippen molar-refractivity contribution in [3.63, 3.8) is 0 Å². The van der Waals surface area contributed by atoms with Crippen LogP contribution in [0.1, 0.15) is 6.42 Å². The molecule has 1 rings (SSSR count). The van der Waals surface area contributed by atoms with Gasteiger partial charge in [-0.3, -0.25) is 4.79 Å². The Morgan fingerprint density at radius 1 is 1.33 bits per heavy atom. The molecule has 0 spiro atoms. The van der Waals surface area contributed by atoms with Gasteiger partial charge in [-0.15, -0.1) is 0 Å². The van der Waals surface area contributed by atoms with Crippen LogP contribution < -0.4 is 10.6 Å². The molecule has 1 aromatic carbocycles. The normalized spacial score (nSPS) is 9.72. The van der Waals surface area contributed by atoms with E-state index in [-0.39, 0.29) is 12.4 Å². The van der Waals surface area contributed by atoms with Crippen LogP contribution in [-0.2, 0) is 9.53 Å². The van der Waals surface area contributed by atoms with Crippen LogP contribution in [0.4, 0.5) is 5.69 Å². The fourth-order valence-electron chi connectivity index (χ4n) is 1.18. The number of thiocarbonyl (C=S) groups is 1. The number of carbonyl (C=O) groups excluding carboxylic acids is 1. The van der Waals surface area contributed by atoms with Crippen LogP contribution in [0.15, 0.2) is 18.2 Å². The zero-order valence-corrected chi connectivity index (χ0v) is 12.0. The maximum absolute atomic E-state index is 10.9. The molecule has 0 unspecified atom stereocenters. The third kappa shape index (κ3) is 5.53. The second-order valence-electron chi connectivity index (χ2n) is 3.37. The molecule has 0 saturated heterocycles. The summed E-state index contributed by atoms with van der Waals surface area (Å²) in [5.74, 6) is -0.295. The van der Waals surface area contributed by atoms with Gasteiger partial charge in [0.1, 0.15) is 0 Å². The number of nitrogens with one attached hydrogen (secondary N) is 2. The van der Waals surface area contributed by atoms with Gasteiger partial charge in [-0.05, 0) is 30.4 Å². The van der Waals surface area contributed by atoms with Gasteiger partial charge in [0.2, 0.25) is 0 Å². The summed E-state index contributed by atoms with van der Waals surface area (Å²) in [6.45, 7) is 0.396. The van der Waals surface area contributed by atoms with E-state index in [9.17, 15) is 4.79 Å². The second-order valence-corrected chi connectivity index (χ2v) is 4.65. The third-order valence-electron chi connectivity index (χ3n) is 1.96. The lowest BCUT2D eigenvalue weighted by molar-refractivity contribution is -0.140. The fraction of sp³-hybridized carbons (Fsp3) is 0.273. The molecule has 2 N–H and O–H groups in total. The minimum absolute atomic E-state index is 0.245. The highest BCUT2D eigenvalue weighted by Crippen LogP contribution is 2.22. The quantitative estimate of drug-likeness (QED) is 0.662. The summed E-state index contributed by atoms with van der Waals surface area (Å²) >= 11 is 16.7. The number of ether oxygens (including phenoxy) is 1. The van der Waals surface area contributed by atoms with E-state index in [0.717, 1.165) is 0 Å². The molecule has 0 atom stereocenters. The van der Waals surface area contributed by atoms with Crippen LogP contribution in [-0.4, -0.2) is 24.7 Å². The minimum atomic E-state index is -0.295. The molecule has 1 aromatic rings. The fourth-order valence-corrected chi connectivity index (χ4v) is 1.93. The van der Waals surface area contributed by atoms with Gasteiger partial charge in [-0.1, -0.05) is 23.2 Å². The molecular formula is C11H12Cl2N2O2S. The van der Waals surface area contributed by atoms with Crippen molar-refractivity contribution < 1.29 is 9.53 Å². The van der Waals surface area contributed by atoms with Gasteiger partial charge in [0.05, 0.1) is 13.5 Å². The van der Waals surface area contributed by atoms with Gasteiger partial charge in [0.15, 0.2) is 5.11 Å². The highest BCUT2D eigenvalue weighted by molar-refractivity contribution is 7.80. The lowest BCUT2D eigenvalue weighted by atomic mass is 10.3. The summed E-state index contributed by atoms with van der Waals surface area (Å²) in [7, 11) is 1.34. The average molecular weight is 307 g/mol. The van der Waals surface area contributed by atoms with Gasteiger partial charge in [-0.2, -0.15) is 0 Å². The topological polar surface area (TPSA) is 50.4 Å². The van der Waals surface area contributed by atoms with Crippen LogP contribution in [0.25, 0.3) is 0 Å². The lowest BCUT2D eigenvalue weighted by Gasteiger charge is -2.10. The molecule has 0 aliphatic carbocycles. The van der Waals surface area contributed by atoms with Gasteiger partial charge in [0, 0.05) is 22.3 Å². The first-order chi connectivity index (χ1) is 8.51. The van der Waals surface area contributed by atoms with E-state index in [1.165, 1.54) is 7.11 Å². The minimum Gasteiger partial charge on any atom is -0.469 e. The van der Waals surface area contributed by atoms with Crippen molar-refractivity contribution in [1.82, 2.24) is 5.32 Å². The van der Waals surface area contributed by atoms with Gasteiger partial charge in [-0.25, -0.2) is 0 Å². The van der Waals surface area contributed by atoms with Crippen molar-refractivity contribution in [2.24, 2.45) is 0 Å². The van der Waals surface area contributed by atoms with Crippen LogP contribution in [0.5, 0.6) is 0 Å². The Hall–Kier alpha value is -1.04. The van der Waals surface area contributed by atoms with Crippen LogP contribution in [0, 0.1) is 0 Å². The number of carbonyl (C=O) groups is 1. The largest absolute Gasteiger partial charge is 0.469 e.